The molecule has 15 nitrogen and oxygen atoms in total. The van der Waals surface area contributed by atoms with Crippen LogP contribution in [0.2, 0.25) is 0 Å². The number of piperazine rings is 1. The third-order valence-electron chi connectivity index (χ3n) is 13.8. The molecule has 2 atom stereocenters. The van der Waals surface area contributed by atoms with Crippen molar-refractivity contribution in [3.8, 4) is 11.1 Å². The second kappa shape index (κ2) is 17.8. The van der Waals surface area contributed by atoms with Crippen molar-refractivity contribution in [2.24, 2.45) is 5.92 Å². The Kier molecular flexibility index (Phi) is 11.8. The monoisotopic (exact) mass is 953 g/mol. The molecule has 4 saturated heterocycles. The van der Waals surface area contributed by atoms with Crippen LogP contribution in [0.15, 0.2) is 79.3 Å². The van der Waals surface area contributed by atoms with Crippen LogP contribution in [-0.2, 0) is 15.0 Å². The maximum atomic E-state index is 15.8. The van der Waals surface area contributed by atoms with E-state index in [1.165, 1.54) is 12.3 Å². The van der Waals surface area contributed by atoms with Crippen LogP contribution in [-0.4, -0.2) is 127 Å². The molecule has 0 radical (unpaired) electrons. The number of piperidine rings is 2. The summed E-state index contributed by atoms with van der Waals surface area (Å²) in [5.74, 6) is -5.46. The Morgan fingerprint density at radius 1 is 0.824 bits per heavy atom. The summed E-state index contributed by atoms with van der Waals surface area (Å²) in [6.45, 7) is 8.35. The summed E-state index contributed by atoms with van der Waals surface area (Å²) in [6, 6.07) is 12.9. The van der Waals surface area contributed by atoms with E-state index >= 15 is 13.2 Å². The highest BCUT2D eigenvalue weighted by Crippen LogP contribution is 2.35. The summed E-state index contributed by atoms with van der Waals surface area (Å²) in [4.78, 5) is 67.9. The fourth-order valence-electron chi connectivity index (χ4n) is 10.0. The van der Waals surface area contributed by atoms with Gasteiger partial charge in [-0.15, -0.1) is 0 Å². The Morgan fingerprint density at radius 3 is 2.24 bits per heavy atom. The lowest BCUT2D eigenvalue weighted by Gasteiger charge is -2.40. The van der Waals surface area contributed by atoms with Crippen LogP contribution in [0.4, 0.5) is 34.6 Å². The van der Waals surface area contributed by atoms with Crippen LogP contribution in [0, 0.1) is 23.4 Å². The number of ketones is 1. The average molecular weight is 954 g/mol. The van der Waals surface area contributed by atoms with Crippen LogP contribution >= 0.6 is 0 Å². The lowest BCUT2D eigenvalue weighted by atomic mass is 9.95. The molecule has 3 amide bonds. The fraction of sp³-hybridized carbons (Fsp3) is 0.354. The van der Waals surface area contributed by atoms with Gasteiger partial charge >= 0.3 is 10.2 Å². The van der Waals surface area contributed by atoms with E-state index in [9.17, 15) is 32.0 Å². The summed E-state index contributed by atoms with van der Waals surface area (Å²) in [6.07, 6.45) is 4.21. The molecule has 3 N–H and O–H groups in total. The Labute approximate surface area is 388 Å². The molecule has 5 aromatic rings. The number of fused-ring (bicyclic) bond motifs is 2. The maximum Gasteiger partial charge on any atom is 0.301 e. The molecule has 7 heterocycles. The van der Waals surface area contributed by atoms with Gasteiger partial charge in [-0.2, -0.15) is 12.7 Å². The molecular weight excluding hydrogens is 907 g/mol. The quantitative estimate of drug-likeness (QED) is 0.0810. The number of carbonyl (C=O) groups excluding carboxylic acids is 4. The molecule has 68 heavy (non-hydrogen) atoms. The number of hydrogen-bond donors (Lipinski definition) is 3. The third-order valence-corrected chi connectivity index (χ3v) is 15.3. The molecule has 0 saturated carbocycles. The number of benzene rings is 3. The van der Waals surface area contributed by atoms with Crippen molar-refractivity contribution in [3.05, 3.63) is 119 Å². The first-order valence-corrected chi connectivity index (χ1v) is 24.0. The van der Waals surface area contributed by atoms with Crippen molar-refractivity contribution in [1.82, 2.24) is 29.4 Å². The summed E-state index contributed by atoms with van der Waals surface area (Å²) in [5, 5.41) is 2.92. The Morgan fingerprint density at radius 2 is 1.54 bits per heavy atom. The van der Waals surface area contributed by atoms with E-state index in [-0.39, 0.29) is 41.8 Å². The molecule has 354 valence electrons. The lowest BCUT2D eigenvalue weighted by Crippen LogP contribution is -2.51. The fourth-order valence-corrected chi connectivity index (χ4v) is 11.3. The first-order valence-electron chi connectivity index (χ1n) is 22.6. The number of aromatic amines is 1. The highest BCUT2D eigenvalue weighted by atomic mass is 32.2. The van der Waals surface area contributed by atoms with Gasteiger partial charge in [0.25, 0.3) is 11.8 Å². The Bertz CT molecular complexity index is 3010. The summed E-state index contributed by atoms with van der Waals surface area (Å²) in [7, 11) is -4.37. The Balaban J connectivity index is 0.740. The number of imide groups is 1. The largest absolute Gasteiger partial charge is 0.372 e. The number of H-pyrrole nitrogens is 1. The molecule has 10 rings (SSSR count). The highest BCUT2D eigenvalue weighted by Gasteiger charge is 2.45. The first kappa shape index (κ1) is 45.2. The van der Waals surface area contributed by atoms with Gasteiger partial charge < -0.3 is 20.1 Å². The smallest absolute Gasteiger partial charge is 0.301 e. The summed E-state index contributed by atoms with van der Waals surface area (Å²) in [5.41, 5.74) is 2.01. The van der Waals surface area contributed by atoms with Gasteiger partial charge in [0.05, 0.1) is 28.1 Å². The van der Waals surface area contributed by atoms with Crippen molar-refractivity contribution in [1.29, 1.82) is 0 Å². The standard InChI is InChI=1S/C48H47F4N9O6S/c1-27-2-9-40(46(63)55-27)61-47(64)34-21-38(51)41(22-35(34)48(61)65)59-18-16-57(17-19-59)25-28-10-13-58(14-11-28)32-5-3-29(4-6-32)30-20-33-36(24-54-45(33)53-23-30)44(62)42-37(50)7-8-39(43(42)52)56-68(66,67)60-15-12-31(49)26-60/h3-8,20-24,28,31,40,56H,1-2,9-19,25-26H2,(H,53,54)(H,55,63)/t31-,40?/m1/s1. The van der Waals surface area contributed by atoms with Crippen molar-refractivity contribution in [3.63, 3.8) is 0 Å². The molecule has 0 aliphatic carbocycles. The van der Waals surface area contributed by atoms with Crippen LogP contribution in [0.3, 0.4) is 0 Å². The number of carbonyl (C=O) groups is 4. The zero-order chi connectivity index (χ0) is 47.6. The summed E-state index contributed by atoms with van der Waals surface area (Å²) >= 11 is 0. The second-order valence-electron chi connectivity index (χ2n) is 18.0. The molecule has 4 fully saturated rings. The van der Waals surface area contributed by atoms with E-state index in [2.05, 4.69) is 31.7 Å². The molecule has 5 aliphatic heterocycles. The number of nitrogens with one attached hydrogen (secondary N) is 3. The van der Waals surface area contributed by atoms with Crippen LogP contribution in [0.25, 0.3) is 22.2 Å². The molecule has 20 heteroatoms. The summed E-state index contributed by atoms with van der Waals surface area (Å²) < 4.78 is 88.7. The Hall–Kier alpha value is -6.64. The van der Waals surface area contributed by atoms with E-state index in [4.69, 9.17) is 0 Å². The maximum absolute atomic E-state index is 15.8. The normalized spacial score (nSPS) is 21.0. The van der Waals surface area contributed by atoms with Crippen molar-refractivity contribution >= 4 is 61.8 Å². The van der Waals surface area contributed by atoms with E-state index < -0.39 is 81.2 Å². The number of halogens is 4. The molecule has 1 unspecified atom stereocenters. The number of allylic oxidation sites excluding steroid dienone is 1. The van der Waals surface area contributed by atoms with Gasteiger partial charge in [0.2, 0.25) is 11.7 Å². The minimum Gasteiger partial charge on any atom is -0.372 e. The van der Waals surface area contributed by atoms with Gasteiger partial charge in [0, 0.05) is 99.2 Å². The zero-order valence-corrected chi connectivity index (χ0v) is 37.6. The lowest BCUT2D eigenvalue weighted by molar-refractivity contribution is -0.125. The van der Waals surface area contributed by atoms with Gasteiger partial charge in [0.1, 0.15) is 29.5 Å². The predicted octanol–water partition coefficient (Wildman–Crippen LogP) is 6.01. The van der Waals surface area contributed by atoms with E-state index in [0.29, 0.717) is 60.8 Å². The highest BCUT2D eigenvalue weighted by molar-refractivity contribution is 7.90. The molecule has 0 spiro atoms. The second-order valence-corrected chi connectivity index (χ2v) is 19.7. The first-order chi connectivity index (χ1) is 32.6. The van der Waals surface area contributed by atoms with Gasteiger partial charge in [-0.25, -0.2) is 22.5 Å². The molecule has 5 aliphatic rings. The van der Waals surface area contributed by atoms with Gasteiger partial charge in [-0.1, -0.05) is 18.7 Å². The minimum atomic E-state index is -4.37. The number of alkyl halides is 1. The predicted molar refractivity (Wildman–Crippen MR) is 246 cm³/mol. The number of rotatable bonds is 11. The van der Waals surface area contributed by atoms with Crippen LogP contribution in [0.5, 0.6) is 0 Å². The van der Waals surface area contributed by atoms with Crippen molar-refractivity contribution < 1.29 is 45.2 Å². The zero-order valence-electron chi connectivity index (χ0n) is 36.7. The van der Waals surface area contributed by atoms with Crippen LogP contribution in [0.1, 0.15) is 68.7 Å². The van der Waals surface area contributed by atoms with E-state index in [1.54, 1.807) is 12.3 Å². The molecule has 3 aromatic carbocycles. The number of pyridine rings is 1. The SMILES string of the molecule is C=C1CCC(N2C(=O)c3cc(F)c(N4CCN(CC5CCN(c6ccc(-c7cnc8[nH]cc(C(=O)c9c(F)ccc(NS(=O)(=O)N%10CC[C@@H](F)C%10)c9F)c8c7)cc6)CC5)CC4)cc3C2=O)C(=O)N1. The molecular formula is C48H47F4N9O6S. The molecule has 0 bridgehead atoms. The third kappa shape index (κ3) is 8.38. The number of nitrogens with zero attached hydrogens (tertiary/aromatic N) is 6. The number of amides is 3. The van der Waals surface area contributed by atoms with Crippen LogP contribution < -0.4 is 19.8 Å². The minimum absolute atomic E-state index is 0.00644. The van der Waals surface area contributed by atoms with E-state index in [0.717, 1.165) is 71.1 Å². The number of aromatic nitrogens is 2. The number of anilines is 3. The van der Waals surface area contributed by atoms with Crippen molar-refractivity contribution in [2.45, 2.75) is 44.3 Å². The van der Waals surface area contributed by atoms with Crippen molar-refractivity contribution in [2.75, 3.05) is 73.4 Å². The van der Waals surface area contributed by atoms with Gasteiger partial charge in [-0.05, 0) is 86.1 Å². The van der Waals surface area contributed by atoms with Gasteiger partial charge in [-0.3, -0.25) is 33.7 Å². The molecule has 2 aromatic heterocycles. The topological polar surface area (TPSA) is 171 Å². The van der Waals surface area contributed by atoms with Gasteiger partial charge in [0.15, 0.2) is 5.82 Å². The number of hydrogen-bond acceptors (Lipinski definition) is 10. The average Bonchev–Trinajstić information content (AvgIpc) is 4.03. The van der Waals surface area contributed by atoms with E-state index in [1.807, 2.05) is 33.9 Å².